The number of pyridine rings is 1. The van der Waals surface area contributed by atoms with Crippen LogP contribution in [0.2, 0.25) is 5.02 Å². The average Bonchev–Trinajstić information content (AvgIpc) is 2.93. The Bertz CT molecular complexity index is 782. The highest BCUT2D eigenvalue weighted by atomic mass is 35.5. The van der Waals surface area contributed by atoms with Crippen LogP contribution in [0.4, 0.5) is 0 Å². The van der Waals surface area contributed by atoms with Gasteiger partial charge in [-0.3, -0.25) is 14.6 Å². The van der Waals surface area contributed by atoms with Crippen LogP contribution in [0.5, 0.6) is 0 Å². The van der Waals surface area contributed by atoms with Crippen LogP contribution >= 0.6 is 11.6 Å². The Balaban J connectivity index is 1.68. The van der Waals surface area contributed by atoms with Gasteiger partial charge in [-0.25, -0.2) is 4.79 Å². The Hall–Kier alpha value is -1.92. The summed E-state index contributed by atoms with van der Waals surface area (Å²) >= 11 is 6.04. The second-order valence-corrected chi connectivity index (χ2v) is 7.21. The zero-order valence-electron chi connectivity index (χ0n) is 15.5. The maximum atomic E-state index is 12.3. The molecule has 7 heteroatoms. The van der Waals surface area contributed by atoms with Crippen molar-refractivity contribution in [3.63, 3.8) is 0 Å². The number of piperidine rings is 1. The number of ether oxygens (including phenoxy) is 1. The van der Waals surface area contributed by atoms with E-state index in [1.165, 1.54) is 5.56 Å². The molecule has 0 spiro atoms. The SMILES string of the molecule is CCOC(=O)c1cc(Cl)cnc1C1CCN(Cc2cn(C)nc2C)CC1. The number of hydrogen-bond acceptors (Lipinski definition) is 5. The van der Waals surface area contributed by atoms with Gasteiger partial charge in [0.1, 0.15) is 0 Å². The summed E-state index contributed by atoms with van der Waals surface area (Å²) in [4.78, 5) is 19.2. The lowest BCUT2D eigenvalue weighted by atomic mass is 9.90. The number of carbonyl (C=O) groups is 1. The summed E-state index contributed by atoms with van der Waals surface area (Å²) in [7, 11) is 1.95. The minimum atomic E-state index is -0.342. The molecule has 1 fully saturated rings. The second-order valence-electron chi connectivity index (χ2n) is 6.77. The fourth-order valence-corrected chi connectivity index (χ4v) is 3.71. The number of aryl methyl sites for hydroxylation is 2. The molecule has 6 nitrogen and oxygen atoms in total. The summed E-state index contributed by atoms with van der Waals surface area (Å²) in [5.41, 5.74) is 3.66. The van der Waals surface area contributed by atoms with Gasteiger partial charge in [0.2, 0.25) is 0 Å². The Kier molecular flexibility index (Phi) is 5.94. The van der Waals surface area contributed by atoms with Crippen molar-refractivity contribution in [3.8, 4) is 0 Å². The van der Waals surface area contributed by atoms with Gasteiger partial charge in [-0.05, 0) is 45.8 Å². The summed E-state index contributed by atoms with van der Waals surface area (Å²) < 4.78 is 7.03. The highest BCUT2D eigenvalue weighted by Gasteiger charge is 2.27. The molecule has 1 aliphatic rings. The predicted molar refractivity (Wildman–Crippen MR) is 100 cm³/mol. The fourth-order valence-electron chi connectivity index (χ4n) is 3.56. The van der Waals surface area contributed by atoms with E-state index >= 15 is 0 Å². The third-order valence-electron chi connectivity index (χ3n) is 4.86. The summed E-state index contributed by atoms with van der Waals surface area (Å²) in [5, 5.41) is 4.87. The molecule has 0 aromatic carbocycles. The molecule has 0 unspecified atom stereocenters. The van der Waals surface area contributed by atoms with E-state index in [2.05, 4.69) is 21.2 Å². The molecule has 2 aromatic heterocycles. The topological polar surface area (TPSA) is 60.2 Å². The van der Waals surface area contributed by atoms with Gasteiger partial charge in [0.15, 0.2) is 0 Å². The molecule has 3 rings (SSSR count). The van der Waals surface area contributed by atoms with Crippen molar-refractivity contribution in [1.29, 1.82) is 0 Å². The lowest BCUT2D eigenvalue weighted by Gasteiger charge is -2.32. The number of hydrogen-bond donors (Lipinski definition) is 0. The number of nitrogens with zero attached hydrogens (tertiary/aromatic N) is 4. The first-order chi connectivity index (χ1) is 12.5. The van der Waals surface area contributed by atoms with E-state index in [0.29, 0.717) is 17.2 Å². The van der Waals surface area contributed by atoms with Gasteiger partial charge in [-0.1, -0.05) is 11.6 Å². The number of carbonyl (C=O) groups excluding carboxylic acids is 1. The Morgan fingerprint density at radius 1 is 1.38 bits per heavy atom. The monoisotopic (exact) mass is 376 g/mol. The Morgan fingerprint density at radius 3 is 2.73 bits per heavy atom. The molecule has 0 atom stereocenters. The molecule has 0 radical (unpaired) electrons. The molecule has 0 amide bonds. The molecule has 0 aliphatic carbocycles. The highest BCUT2D eigenvalue weighted by molar-refractivity contribution is 6.30. The Morgan fingerprint density at radius 2 is 2.12 bits per heavy atom. The van der Waals surface area contributed by atoms with E-state index in [1.807, 2.05) is 18.7 Å². The first kappa shape index (κ1) is 18.9. The molecule has 3 heterocycles. The number of likely N-dealkylation sites (tertiary alicyclic amines) is 1. The lowest BCUT2D eigenvalue weighted by molar-refractivity contribution is 0.0523. The minimum absolute atomic E-state index is 0.248. The standard InChI is InChI=1S/C19H25ClN4O2/c1-4-26-19(25)17-9-16(20)10-21-18(17)14-5-7-24(8-6-14)12-15-11-23(3)22-13(15)2/h9-11,14H,4-8,12H2,1-3H3. The van der Waals surface area contributed by atoms with Gasteiger partial charge in [-0.15, -0.1) is 0 Å². The van der Waals surface area contributed by atoms with E-state index < -0.39 is 0 Å². The van der Waals surface area contributed by atoms with E-state index in [-0.39, 0.29) is 11.9 Å². The molecule has 26 heavy (non-hydrogen) atoms. The van der Waals surface area contributed by atoms with Crippen LogP contribution in [-0.2, 0) is 18.3 Å². The molecular weight excluding hydrogens is 352 g/mol. The largest absolute Gasteiger partial charge is 0.462 e. The third kappa shape index (κ3) is 4.24. The van der Waals surface area contributed by atoms with Crippen LogP contribution in [0.25, 0.3) is 0 Å². The molecule has 0 bridgehead atoms. The van der Waals surface area contributed by atoms with Crippen molar-refractivity contribution in [3.05, 3.63) is 46.0 Å². The Labute approximate surface area is 159 Å². The number of halogens is 1. The van der Waals surface area contributed by atoms with Crippen molar-refractivity contribution in [2.45, 2.75) is 39.2 Å². The highest BCUT2D eigenvalue weighted by Crippen LogP contribution is 2.31. The molecule has 2 aromatic rings. The zero-order valence-corrected chi connectivity index (χ0v) is 16.3. The van der Waals surface area contributed by atoms with Gasteiger partial charge in [0.05, 0.1) is 28.6 Å². The lowest BCUT2D eigenvalue weighted by Crippen LogP contribution is -2.33. The first-order valence-corrected chi connectivity index (χ1v) is 9.39. The number of esters is 1. The fraction of sp³-hybridized carbons (Fsp3) is 0.526. The maximum Gasteiger partial charge on any atom is 0.340 e. The van der Waals surface area contributed by atoms with Gasteiger partial charge in [-0.2, -0.15) is 5.10 Å². The molecule has 140 valence electrons. The minimum Gasteiger partial charge on any atom is -0.462 e. The van der Waals surface area contributed by atoms with Crippen LogP contribution in [-0.4, -0.2) is 45.3 Å². The van der Waals surface area contributed by atoms with Crippen LogP contribution in [0, 0.1) is 6.92 Å². The van der Waals surface area contributed by atoms with Crippen molar-refractivity contribution in [1.82, 2.24) is 19.7 Å². The van der Waals surface area contributed by atoms with Gasteiger partial charge in [0.25, 0.3) is 0 Å². The zero-order chi connectivity index (χ0) is 18.7. The maximum absolute atomic E-state index is 12.3. The van der Waals surface area contributed by atoms with Crippen molar-refractivity contribution in [2.24, 2.45) is 7.05 Å². The molecule has 0 saturated carbocycles. The second kappa shape index (κ2) is 8.18. The number of rotatable bonds is 5. The quantitative estimate of drug-likeness (QED) is 0.749. The van der Waals surface area contributed by atoms with Gasteiger partial charge >= 0.3 is 5.97 Å². The van der Waals surface area contributed by atoms with E-state index in [4.69, 9.17) is 16.3 Å². The summed E-state index contributed by atoms with van der Waals surface area (Å²) in [6.45, 7) is 7.02. The smallest absolute Gasteiger partial charge is 0.340 e. The molecule has 1 aliphatic heterocycles. The average molecular weight is 377 g/mol. The predicted octanol–water partition coefficient (Wildman–Crippen LogP) is 3.33. The third-order valence-corrected chi connectivity index (χ3v) is 5.07. The van der Waals surface area contributed by atoms with E-state index in [0.717, 1.165) is 43.9 Å². The van der Waals surface area contributed by atoms with Gasteiger partial charge in [0, 0.05) is 37.5 Å². The van der Waals surface area contributed by atoms with Crippen LogP contribution in [0.15, 0.2) is 18.5 Å². The molecular formula is C19H25ClN4O2. The molecule has 1 saturated heterocycles. The van der Waals surface area contributed by atoms with Crippen molar-refractivity contribution in [2.75, 3.05) is 19.7 Å². The van der Waals surface area contributed by atoms with E-state index in [9.17, 15) is 4.79 Å². The summed E-state index contributed by atoms with van der Waals surface area (Å²) in [5.74, 6) is -0.0937. The van der Waals surface area contributed by atoms with E-state index in [1.54, 1.807) is 19.2 Å². The normalized spacial score (nSPS) is 16.0. The summed E-state index contributed by atoms with van der Waals surface area (Å²) in [6, 6.07) is 1.67. The first-order valence-electron chi connectivity index (χ1n) is 9.02. The van der Waals surface area contributed by atoms with Crippen molar-refractivity contribution >= 4 is 17.6 Å². The molecule has 0 N–H and O–H groups in total. The number of aromatic nitrogens is 3. The van der Waals surface area contributed by atoms with Crippen LogP contribution < -0.4 is 0 Å². The summed E-state index contributed by atoms with van der Waals surface area (Å²) in [6.07, 6.45) is 5.62. The van der Waals surface area contributed by atoms with Crippen molar-refractivity contribution < 1.29 is 9.53 Å². The van der Waals surface area contributed by atoms with Gasteiger partial charge < -0.3 is 4.74 Å². The van der Waals surface area contributed by atoms with Crippen LogP contribution in [0.3, 0.4) is 0 Å². The van der Waals surface area contributed by atoms with Crippen LogP contribution in [0.1, 0.15) is 53.0 Å².